The van der Waals surface area contributed by atoms with Gasteiger partial charge in [-0.05, 0) is 17.7 Å². The quantitative estimate of drug-likeness (QED) is 0.882. The molecule has 1 N–H and O–H groups in total. The molecular formula is C13H11BrFN3O. The van der Waals surface area contributed by atoms with Crippen LogP contribution in [-0.2, 0) is 13.0 Å². The van der Waals surface area contributed by atoms with Gasteiger partial charge < -0.3 is 10.1 Å². The third-order valence-corrected chi connectivity index (χ3v) is 3.38. The predicted octanol–water partition coefficient (Wildman–Crippen LogP) is 2.93. The van der Waals surface area contributed by atoms with Gasteiger partial charge in [-0.25, -0.2) is 9.97 Å². The summed E-state index contributed by atoms with van der Waals surface area (Å²) >= 11 is 3.48. The van der Waals surface area contributed by atoms with Crippen LogP contribution in [0.2, 0.25) is 0 Å². The Labute approximate surface area is 118 Å². The number of hydrogen-bond donors (Lipinski definition) is 1. The highest BCUT2D eigenvalue weighted by atomic mass is 79.9. The number of fused-ring (bicyclic) bond motifs is 1. The molecule has 1 aromatic heterocycles. The zero-order valence-corrected chi connectivity index (χ0v) is 11.6. The molecule has 6 heteroatoms. The Hall–Kier alpha value is -1.69. The van der Waals surface area contributed by atoms with Crippen molar-refractivity contribution in [2.75, 3.05) is 11.9 Å². The van der Waals surface area contributed by atoms with Crippen molar-refractivity contribution in [1.29, 1.82) is 0 Å². The Morgan fingerprint density at radius 2 is 2.21 bits per heavy atom. The van der Waals surface area contributed by atoms with E-state index in [0.29, 0.717) is 19.0 Å². The molecule has 2 heterocycles. The molecule has 19 heavy (non-hydrogen) atoms. The fourth-order valence-electron chi connectivity index (χ4n) is 2.09. The standard InChI is InChI=1S/C13H11BrFN3O/c14-10-3-8-1-2-19-13(8)9(4-10)6-16-12-5-11(15)17-7-18-12/h3-5,7H,1-2,6H2,(H,16,17,18). The van der Waals surface area contributed by atoms with Gasteiger partial charge in [-0.2, -0.15) is 4.39 Å². The maximum atomic E-state index is 13.0. The van der Waals surface area contributed by atoms with Gasteiger partial charge in [0.15, 0.2) is 0 Å². The summed E-state index contributed by atoms with van der Waals surface area (Å²) in [4.78, 5) is 7.37. The number of ether oxygens (including phenoxy) is 1. The molecule has 0 atom stereocenters. The van der Waals surface area contributed by atoms with Crippen LogP contribution >= 0.6 is 15.9 Å². The summed E-state index contributed by atoms with van der Waals surface area (Å²) in [5, 5.41) is 3.07. The number of halogens is 2. The minimum absolute atomic E-state index is 0.458. The Morgan fingerprint density at radius 1 is 1.32 bits per heavy atom. The average molecular weight is 324 g/mol. The van der Waals surface area contributed by atoms with Crippen LogP contribution in [0.3, 0.4) is 0 Å². The van der Waals surface area contributed by atoms with Gasteiger partial charge in [0.25, 0.3) is 0 Å². The minimum atomic E-state index is -0.548. The van der Waals surface area contributed by atoms with E-state index < -0.39 is 5.95 Å². The van der Waals surface area contributed by atoms with E-state index in [1.165, 1.54) is 18.0 Å². The summed E-state index contributed by atoms with van der Waals surface area (Å²) < 4.78 is 19.6. The molecule has 0 fully saturated rings. The van der Waals surface area contributed by atoms with Crippen molar-refractivity contribution in [3.63, 3.8) is 0 Å². The molecule has 0 amide bonds. The monoisotopic (exact) mass is 323 g/mol. The van der Waals surface area contributed by atoms with Crippen molar-refractivity contribution in [1.82, 2.24) is 9.97 Å². The second kappa shape index (κ2) is 5.13. The van der Waals surface area contributed by atoms with Crippen molar-refractivity contribution in [2.24, 2.45) is 0 Å². The van der Waals surface area contributed by atoms with E-state index >= 15 is 0 Å². The van der Waals surface area contributed by atoms with Gasteiger partial charge in [-0.1, -0.05) is 15.9 Å². The molecule has 0 aliphatic carbocycles. The number of anilines is 1. The summed E-state index contributed by atoms with van der Waals surface area (Å²) in [5.41, 5.74) is 2.22. The number of benzene rings is 1. The fourth-order valence-corrected chi connectivity index (χ4v) is 2.65. The third-order valence-electron chi connectivity index (χ3n) is 2.92. The smallest absolute Gasteiger partial charge is 0.217 e. The third kappa shape index (κ3) is 2.68. The van der Waals surface area contributed by atoms with Crippen LogP contribution in [0.15, 0.2) is 29.0 Å². The summed E-state index contributed by atoms with van der Waals surface area (Å²) in [6, 6.07) is 5.32. The fraction of sp³-hybridized carbons (Fsp3) is 0.231. The molecule has 98 valence electrons. The van der Waals surface area contributed by atoms with E-state index in [4.69, 9.17) is 4.74 Å². The van der Waals surface area contributed by atoms with Crippen LogP contribution in [0.5, 0.6) is 5.75 Å². The van der Waals surface area contributed by atoms with E-state index in [2.05, 4.69) is 37.3 Å². The largest absolute Gasteiger partial charge is 0.493 e. The first-order valence-electron chi connectivity index (χ1n) is 5.88. The highest BCUT2D eigenvalue weighted by Crippen LogP contribution is 2.33. The Bertz CT molecular complexity index is 621. The van der Waals surface area contributed by atoms with Gasteiger partial charge >= 0.3 is 0 Å². The van der Waals surface area contributed by atoms with Crippen molar-refractivity contribution in [3.05, 3.63) is 46.1 Å². The number of rotatable bonds is 3. The van der Waals surface area contributed by atoms with Gasteiger partial charge in [-0.3, -0.25) is 0 Å². The number of nitrogens with zero attached hydrogens (tertiary/aromatic N) is 2. The summed E-state index contributed by atoms with van der Waals surface area (Å²) in [7, 11) is 0. The molecule has 4 nitrogen and oxygen atoms in total. The molecular weight excluding hydrogens is 313 g/mol. The topological polar surface area (TPSA) is 47.0 Å². The predicted molar refractivity (Wildman–Crippen MR) is 72.7 cm³/mol. The average Bonchev–Trinajstić information content (AvgIpc) is 2.84. The normalized spacial score (nSPS) is 12.9. The molecule has 0 saturated heterocycles. The SMILES string of the molecule is Fc1cc(NCc2cc(Br)cc3c2OCC3)ncn1. The first-order valence-corrected chi connectivity index (χ1v) is 6.67. The molecule has 3 rings (SSSR count). The molecule has 2 aromatic rings. The lowest BCUT2D eigenvalue weighted by molar-refractivity contribution is 0.354. The molecule has 1 aliphatic rings. The number of nitrogens with one attached hydrogen (secondary N) is 1. The Morgan fingerprint density at radius 3 is 3.05 bits per heavy atom. The Kier molecular flexibility index (Phi) is 3.33. The van der Waals surface area contributed by atoms with Crippen molar-refractivity contribution in [3.8, 4) is 5.75 Å². The van der Waals surface area contributed by atoms with E-state index in [1.54, 1.807) is 0 Å². The minimum Gasteiger partial charge on any atom is -0.493 e. The van der Waals surface area contributed by atoms with Gasteiger partial charge in [0.2, 0.25) is 5.95 Å². The number of aromatic nitrogens is 2. The van der Waals surface area contributed by atoms with Crippen LogP contribution in [0, 0.1) is 5.95 Å². The van der Waals surface area contributed by atoms with Crippen LogP contribution in [-0.4, -0.2) is 16.6 Å². The summed E-state index contributed by atoms with van der Waals surface area (Å²) in [6.45, 7) is 1.24. The van der Waals surface area contributed by atoms with E-state index in [1.807, 2.05) is 6.07 Å². The summed E-state index contributed by atoms with van der Waals surface area (Å²) in [6.07, 6.45) is 2.11. The second-order valence-corrected chi connectivity index (χ2v) is 5.15. The van der Waals surface area contributed by atoms with E-state index in [-0.39, 0.29) is 0 Å². The van der Waals surface area contributed by atoms with Crippen LogP contribution in [0.4, 0.5) is 10.2 Å². The summed E-state index contributed by atoms with van der Waals surface area (Å²) in [5.74, 6) is 0.831. The molecule has 1 aromatic carbocycles. The maximum Gasteiger partial charge on any atom is 0.217 e. The van der Waals surface area contributed by atoms with Crippen LogP contribution in [0.1, 0.15) is 11.1 Å². The molecule has 0 saturated carbocycles. The first-order chi connectivity index (χ1) is 9.22. The van der Waals surface area contributed by atoms with E-state index in [0.717, 1.165) is 22.2 Å². The van der Waals surface area contributed by atoms with Gasteiger partial charge in [0, 0.05) is 29.1 Å². The van der Waals surface area contributed by atoms with Crippen molar-refractivity contribution >= 4 is 21.7 Å². The molecule has 0 radical (unpaired) electrons. The highest BCUT2D eigenvalue weighted by Gasteiger charge is 2.17. The Balaban J connectivity index is 1.81. The molecule has 0 spiro atoms. The lowest BCUT2D eigenvalue weighted by Gasteiger charge is -2.10. The second-order valence-electron chi connectivity index (χ2n) is 4.23. The van der Waals surface area contributed by atoms with Crippen molar-refractivity contribution < 1.29 is 9.13 Å². The zero-order valence-electron chi connectivity index (χ0n) is 9.99. The lowest BCUT2D eigenvalue weighted by atomic mass is 10.1. The molecule has 0 bridgehead atoms. The van der Waals surface area contributed by atoms with E-state index in [9.17, 15) is 4.39 Å². The van der Waals surface area contributed by atoms with Crippen LogP contribution in [0.25, 0.3) is 0 Å². The van der Waals surface area contributed by atoms with Gasteiger partial charge in [0.1, 0.15) is 17.9 Å². The molecule has 1 aliphatic heterocycles. The number of hydrogen-bond acceptors (Lipinski definition) is 4. The molecule has 0 unspecified atom stereocenters. The van der Waals surface area contributed by atoms with Gasteiger partial charge in [-0.15, -0.1) is 0 Å². The van der Waals surface area contributed by atoms with Crippen molar-refractivity contribution in [2.45, 2.75) is 13.0 Å². The zero-order chi connectivity index (χ0) is 13.2. The lowest BCUT2D eigenvalue weighted by Crippen LogP contribution is -2.04. The first kappa shape index (κ1) is 12.3. The maximum absolute atomic E-state index is 13.0. The van der Waals surface area contributed by atoms with Gasteiger partial charge in [0.05, 0.1) is 6.61 Å². The highest BCUT2D eigenvalue weighted by molar-refractivity contribution is 9.10. The van der Waals surface area contributed by atoms with Crippen LogP contribution < -0.4 is 10.1 Å².